The highest BCUT2D eigenvalue weighted by Crippen LogP contribution is 2.19. The smallest absolute Gasteiger partial charge is 0.410 e. The molecule has 1 aromatic heterocycles. The topological polar surface area (TPSA) is 56.1 Å². The molecule has 24 heavy (non-hydrogen) atoms. The summed E-state index contributed by atoms with van der Waals surface area (Å²) in [6.07, 6.45) is 0.235. The van der Waals surface area contributed by atoms with Crippen molar-refractivity contribution < 1.29 is 11.0 Å². The van der Waals surface area contributed by atoms with Crippen molar-refractivity contribution in [2.45, 2.75) is 20.3 Å². The third-order valence-corrected chi connectivity index (χ3v) is 3.58. The Bertz CT molecular complexity index is 830. The highest BCUT2D eigenvalue weighted by molar-refractivity contribution is 5.85. The average molecular weight is 323 g/mol. The molecule has 1 N–H and O–H groups in total. The Kier molecular flexibility index (Phi) is 4.61. The lowest BCUT2D eigenvalue weighted by Gasteiger charge is -2.09. The molecule has 0 radical (unpaired) electrons. The number of para-hydroxylation sites is 1. The summed E-state index contributed by atoms with van der Waals surface area (Å²) in [5, 5.41) is 7.30. The number of carbonyl (C=O) groups is 1. The second-order valence-corrected chi connectivity index (χ2v) is 5.45. The normalized spacial score (nSPS) is 10.4. The molecule has 0 bridgehead atoms. The molecule has 0 fully saturated rings. The summed E-state index contributed by atoms with van der Waals surface area (Å²) in [5.41, 5.74) is 2.94. The minimum atomic E-state index is -0.544. The van der Waals surface area contributed by atoms with Gasteiger partial charge in [0.05, 0.1) is 11.4 Å². The molecule has 0 saturated heterocycles. The number of aryl methyl sites for hydroxylation is 2. The summed E-state index contributed by atoms with van der Waals surface area (Å²) in [6, 6.07) is 18.8. The molecule has 0 aliphatic rings. The van der Waals surface area contributed by atoms with Gasteiger partial charge in [-0.05, 0) is 37.6 Å². The quantitative estimate of drug-likeness (QED) is 0.763. The standard InChI is InChI=1S/C19H19N3O2.H2/c1-3-15-13-18(20-19(23)24-17-7-5-4-6-8-17)22(21-15)16-11-9-14(2)10-12-16;/h4-13H,3H2,1-2H3,(H,20,23);1H. The zero-order valence-electron chi connectivity index (χ0n) is 13.7. The maximum absolute atomic E-state index is 12.1. The fourth-order valence-electron chi connectivity index (χ4n) is 2.30. The zero-order valence-corrected chi connectivity index (χ0v) is 13.7. The van der Waals surface area contributed by atoms with Crippen molar-refractivity contribution in [1.82, 2.24) is 9.78 Å². The molecular formula is C19H21N3O2. The highest BCUT2D eigenvalue weighted by atomic mass is 16.6. The molecule has 3 rings (SSSR count). The summed E-state index contributed by atoms with van der Waals surface area (Å²) >= 11 is 0. The van der Waals surface area contributed by atoms with Gasteiger partial charge in [-0.2, -0.15) is 5.10 Å². The first-order valence-electron chi connectivity index (χ1n) is 7.85. The van der Waals surface area contributed by atoms with E-state index >= 15 is 0 Å². The molecule has 0 aliphatic carbocycles. The second kappa shape index (κ2) is 7.00. The van der Waals surface area contributed by atoms with E-state index in [4.69, 9.17) is 4.74 Å². The number of nitrogens with zero attached hydrogens (tertiary/aromatic N) is 2. The van der Waals surface area contributed by atoms with Crippen LogP contribution in [0.3, 0.4) is 0 Å². The molecule has 2 aromatic carbocycles. The van der Waals surface area contributed by atoms with E-state index in [2.05, 4.69) is 10.4 Å². The third kappa shape index (κ3) is 3.63. The van der Waals surface area contributed by atoms with Crippen LogP contribution in [0, 0.1) is 6.92 Å². The van der Waals surface area contributed by atoms with Crippen LogP contribution < -0.4 is 10.1 Å². The Morgan fingerprint density at radius 1 is 1.17 bits per heavy atom. The van der Waals surface area contributed by atoms with Gasteiger partial charge in [0, 0.05) is 7.49 Å². The Morgan fingerprint density at radius 3 is 2.54 bits per heavy atom. The van der Waals surface area contributed by atoms with E-state index in [0.29, 0.717) is 11.6 Å². The molecule has 3 aromatic rings. The predicted molar refractivity (Wildman–Crippen MR) is 95.9 cm³/mol. The van der Waals surface area contributed by atoms with E-state index in [-0.39, 0.29) is 1.43 Å². The Morgan fingerprint density at radius 2 is 1.88 bits per heavy atom. The first-order valence-corrected chi connectivity index (χ1v) is 7.85. The van der Waals surface area contributed by atoms with Gasteiger partial charge in [-0.15, -0.1) is 0 Å². The van der Waals surface area contributed by atoms with Crippen LogP contribution in [0.5, 0.6) is 5.75 Å². The second-order valence-electron chi connectivity index (χ2n) is 5.45. The lowest BCUT2D eigenvalue weighted by atomic mass is 10.2. The van der Waals surface area contributed by atoms with Crippen LogP contribution in [0.15, 0.2) is 60.7 Å². The van der Waals surface area contributed by atoms with Crippen LogP contribution in [0.4, 0.5) is 10.6 Å². The first-order chi connectivity index (χ1) is 11.7. The number of ether oxygens (including phenoxy) is 1. The molecule has 5 heteroatoms. The fourth-order valence-corrected chi connectivity index (χ4v) is 2.30. The minimum Gasteiger partial charge on any atom is -0.410 e. The molecule has 0 unspecified atom stereocenters. The Labute approximate surface area is 142 Å². The fraction of sp³-hybridized carbons (Fsp3) is 0.158. The monoisotopic (exact) mass is 323 g/mol. The number of aromatic nitrogens is 2. The summed E-state index contributed by atoms with van der Waals surface area (Å²) in [5.74, 6) is 1.07. The minimum absolute atomic E-state index is 0. The summed E-state index contributed by atoms with van der Waals surface area (Å²) in [7, 11) is 0. The highest BCUT2D eigenvalue weighted by Gasteiger charge is 2.13. The number of amides is 1. The van der Waals surface area contributed by atoms with Gasteiger partial charge in [0.15, 0.2) is 0 Å². The van der Waals surface area contributed by atoms with Crippen LogP contribution in [0.25, 0.3) is 5.69 Å². The zero-order chi connectivity index (χ0) is 16.9. The number of benzene rings is 2. The SMILES string of the molecule is CCc1cc(NC(=O)Oc2ccccc2)n(-c2ccc(C)cc2)n1.[HH]. The molecule has 0 aliphatic heterocycles. The van der Waals surface area contributed by atoms with Crippen LogP contribution in [-0.2, 0) is 6.42 Å². The summed E-state index contributed by atoms with van der Waals surface area (Å²) < 4.78 is 6.99. The van der Waals surface area contributed by atoms with Crippen molar-refractivity contribution in [3.63, 3.8) is 0 Å². The van der Waals surface area contributed by atoms with Gasteiger partial charge in [0.1, 0.15) is 11.6 Å². The van der Waals surface area contributed by atoms with Gasteiger partial charge in [-0.1, -0.05) is 42.8 Å². The van der Waals surface area contributed by atoms with Gasteiger partial charge in [-0.25, -0.2) is 9.48 Å². The van der Waals surface area contributed by atoms with Gasteiger partial charge in [-0.3, -0.25) is 5.32 Å². The first kappa shape index (κ1) is 15.8. The van der Waals surface area contributed by atoms with E-state index < -0.39 is 6.09 Å². The predicted octanol–water partition coefficient (Wildman–Crippen LogP) is 4.60. The Balaban J connectivity index is 0.00000225. The lowest BCUT2D eigenvalue weighted by Crippen LogP contribution is -2.19. The number of anilines is 1. The molecule has 0 atom stereocenters. The van der Waals surface area contributed by atoms with Crippen molar-refractivity contribution in [2.24, 2.45) is 0 Å². The van der Waals surface area contributed by atoms with Crippen LogP contribution >= 0.6 is 0 Å². The maximum Gasteiger partial charge on any atom is 0.418 e. The van der Waals surface area contributed by atoms with Crippen molar-refractivity contribution in [2.75, 3.05) is 5.32 Å². The van der Waals surface area contributed by atoms with Gasteiger partial charge in [0.25, 0.3) is 0 Å². The third-order valence-electron chi connectivity index (χ3n) is 3.58. The molecule has 5 nitrogen and oxygen atoms in total. The summed E-state index contributed by atoms with van der Waals surface area (Å²) in [6.45, 7) is 4.05. The molecule has 124 valence electrons. The van der Waals surface area contributed by atoms with Crippen LogP contribution in [0.1, 0.15) is 19.6 Å². The van der Waals surface area contributed by atoms with E-state index in [9.17, 15) is 4.79 Å². The van der Waals surface area contributed by atoms with E-state index in [0.717, 1.165) is 17.8 Å². The van der Waals surface area contributed by atoms with Crippen molar-refractivity contribution in [1.29, 1.82) is 0 Å². The number of hydrogen-bond donors (Lipinski definition) is 1. The molecule has 1 amide bonds. The largest absolute Gasteiger partial charge is 0.418 e. The van der Waals surface area contributed by atoms with E-state index in [1.807, 2.05) is 62.4 Å². The number of rotatable bonds is 4. The van der Waals surface area contributed by atoms with Gasteiger partial charge >= 0.3 is 6.09 Å². The maximum atomic E-state index is 12.1. The molecule has 0 saturated carbocycles. The van der Waals surface area contributed by atoms with Gasteiger partial charge in [0.2, 0.25) is 0 Å². The van der Waals surface area contributed by atoms with E-state index in [1.54, 1.807) is 16.8 Å². The average Bonchev–Trinajstić information content (AvgIpc) is 2.99. The Hall–Kier alpha value is -3.08. The van der Waals surface area contributed by atoms with Crippen molar-refractivity contribution in [3.8, 4) is 11.4 Å². The van der Waals surface area contributed by atoms with Crippen molar-refractivity contribution >= 4 is 11.9 Å². The number of hydrogen-bond acceptors (Lipinski definition) is 3. The summed E-state index contributed by atoms with van der Waals surface area (Å²) in [4.78, 5) is 12.1. The number of carbonyl (C=O) groups excluding carboxylic acids is 1. The molecular weight excluding hydrogens is 302 g/mol. The molecule has 0 spiro atoms. The van der Waals surface area contributed by atoms with Crippen LogP contribution in [-0.4, -0.2) is 15.9 Å². The van der Waals surface area contributed by atoms with Crippen molar-refractivity contribution in [3.05, 3.63) is 71.9 Å². The molecule has 1 heterocycles. The van der Waals surface area contributed by atoms with Gasteiger partial charge < -0.3 is 4.74 Å². The van der Waals surface area contributed by atoms with E-state index in [1.165, 1.54) is 5.56 Å². The van der Waals surface area contributed by atoms with Crippen LogP contribution in [0.2, 0.25) is 0 Å². The number of nitrogens with one attached hydrogen (secondary N) is 1. The lowest BCUT2D eigenvalue weighted by molar-refractivity contribution is 0.215.